The van der Waals surface area contributed by atoms with Crippen LogP contribution >= 0.6 is 0 Å². The van der Waals surface area contributed by atoms with Gasteiger partial charge in [-0.25, -0.2) is 0 Å². The standard InChI is InChI=1S/C13H21NO4/c15-11-3-1-2-10(7-11)14-12(16)8-4-5-9(6-8)13(17)18/h8-11,15H,1-7H2,(H,14,16)(H,17,18)/t8-,9+,10?,11?/m1/s1. The molecule has 0 aromatic carbocycles. The molecule has 0 aliphatic heterocycles. The highest BCUT2D eigenvalue weighted by atomic mass is 16.4. The zero-order chi connectivity index (χ0) is 13.1. The van der Waals surface area contributed by atoms with Crippen LogP contribution in [0.3, 0.4) is 0 Å². The molecule has 102 valence electrons. The summed E-state index contributed by atoms with van der Waals surface area (Å²) >= 11 is 0. The maximum Gasteiger partial charge on any atom is 0.306 e. The molecule has 5 nitrogen and oxygen atoms in total. The van der Waals surface area contributed by atoms with Gasteiger partial charge in [-0.15, -0.1) is 0 Å². The number of aliphatic hydroxyl groups excluding tert-OH is 1. The Hall–Kier alpha value is -1.10. The molecule has 0 spiro atoms. The molecular weight excluding hydrogens is 234 g/mol. The van der Waals surface area contributed by atoms with Crippen molar-refractivity contribution in [3.8, 4) is 0 Å². The molecule has 2 aliphatic carbocycles. The highest BCUT2D eigenvalue weighted by Gasteiger charge is 2.34. The molecule has 3 N–H and O–H groups in total. The largest absolute Gasteiger partial charge is 0.481 e. The van der Waals surface area contributed by atoms with Gasteiger partial charge >= 0.3 is 5.97 Å². The second-order valence-corrected chi connectivity index (χ2v) is 5.57. The summed E-state index contributed by atoms with van der Waals surface area (Å²) in [5.41, 5.74) is 0. The summed E-state index contributed by atoms with van der Waals surface area (Å²) in [7, 11) is 0. The lowest BCUT2D eigenvalue weighted by molar-refractivity contribution is -0.141. The van der Waals surface area contributed by atoms with Gasteiger partial charge in [-0.05, 0) is 44.9 Å². The molecule has 2 saturated carbocycles. The van der Waals surface area contributed by atoms with Crippen LogP contribution < -0.4 is 5.32 Å². The zero-order valence-electron chi connectivity index (χ0n) is 10.5. The summed E-state index contributed by atoms with van der Waals surface area (Å²) in [6, 6.07) is 0.0603. The number of nitrogens with one attached hydrogen (secondary N) is 1. The first-order valence-electron chi connectivity index (χ1n) is 6.77. The van der Waals surface area contributed by atoms with Gasteiger partial charge in [0, 0.05) is 12.0 Å². The summed E-state index contributed by atoms with van der Waals surface area (Å²) in [4.78, 5) is 22.8. The van der Waals surface area contributed by atoms with Crippen molar-refractivity contribution in [3.63, 3.8) is 0 Å². The fourth-order valence-electron chi connectivity index (χ4n) is 3.06. The summed E-state index contributed by atoms with van der Waals surface area (Å²) in [6.45, 7) is 0. The van der Waals surface area contributed by atoms with Crippen LogP contribution in [-0.2, 0) is 9.59 Å². The van der Waals surface area contributed by atoms with Crippen LogP contribution in [0.4, 0.5) is 0 Å². The molecule has 2 rings (SSSR count). The zero-order valence-corrected chi connectivity index (χ0v) is 10.5. The number of carbonyl (C=O) groups excluding carboxylic acids is 1. The number of rotatable bonds is 3. The smallest absolute Gasteiger partial charge is 0.306 e. The lowest BCUT2D eigenvalue weighted by Gasteiger charge is -2.27. The maximum atomic E-state index is 12.0. The van der Waals surface area contributed by atoms with Crippen LogP contribution in [0.1, 0.15) is 44.9 Å². The first kappa shape index (κ1) is 13.3. The molecule has 0 radical (unpaired) electrons. The van der Waals surface area contributed by atoms with Gasteiger partial charge in [0.2, 0.25) is 5.91 Å². The highest BCUT2D eigenvalue weighted by Crippen LogP contribution is 2.31. The minimum atomic E-state index is -0.793. The number of carbonyl (C=O) groups is 2. The van der Waals surface area contributed by atoms with E-state index in [1.165, 1.54) is 0 Å². The number of hydrogen-bond donors (Lipinski definition) is 3. The summed E-state index contributed by atoms with van der Waals surface area (Å²) < 4.78 is 0. The number of aliphatic hydroxyl groups is 1. The number of aliphatic carboxylic acids is 1. The summed E-state index contributed by atoms with van der Waals surface area (Å²) in [5.74, 6) is -1.35. The fraction of sp³-hybridized carbons (Fsp3) is 0.846. The summed E-state index contributed by atoms with van der Waals surface area (Å²) in [6.07, 6.45) is 4.71. The van der Waals surface area contributed by atoms with Crippen molar-refractivity contribution in [3.05, 3.63) is 0 Å². The van der Waals surface area contributed by atoms with Gasteiger partial charge in [0.05, 0.1) is 12.0 Å². The van der Waals surface area contributed by atoms with Crippen LogP contribution in [0.2, 0.25) is 0 Å². The third-order valence-corrected chi connectivity index (χ3v) is 4.15. The molecule has 1 amide bonds. The molecule has 18 heavy (non-hydrogen) atoms. The first-order valence-corrected chi connectivity index (χ1v) is 6.77. The van der Waals surface area contributed by atoms with E-state index in [4.69, 9.17) is 5.11 Å². The second kappa shape index (κ2) is 5.69. The van der Waals surface area contributed by atoms with Gasteiger partial charge in [-0.1, -0.05) is 0 Å². The molecule has 0 aromatic rings. The van der Waals surface area contributed by atoms with Crippen LogP contribution in [0, 0.1) is 11.8 Å². The topological polar surface area (TPSA) is 86.6 Å². The van der Waals surface area contributed by atoms with Gasteiger partial charge in [0.15, 0.2) is 0 Å². The number of hydrogen-bond acceptors (Lipinski definition) is 3. The van der Waals surface area contributed by atoms with E-state index in [2.05, 4.69) is 5.32 Å². The van der Waals surface area contributed by atoms with Crippen LogP contribution in [0.25, 0.3) is 0 Å². The Kier molecular flexibility index (Phi) is 4.22. The minimum Gasteiger partial charge on any atom is -0.481 e. The van der Waals surface area contributed by atoms with Crippen LogP contribution in [0.15, 0.2) is 0 Å². The Morgan fingerprint density at radius 3 is 2.33 bits per heavy atom. The molecule has 0 aromatic heterocycles. The monoisotopic (exact) mass is 255 g/mol. The lowest BCUT2D eigenvalue weighted by atomic mass is 9.92. The van der Waals surface area contributed by atoms with E-state index in [-0.39, 0.29) is 29.9 Å². The molecule has 2 unspecified atom stereocenters. The molecule has 0 heterocycles. The third-order valence-electron chi connectivity index (χ3n) is 4.15. The van der Waals surface area contributed by atoms with Crippen LogP contribution in [0.5, 0.6) is 0 Å². The quantitative estimate of drug-likeness (QED) is 0.699. The Morgan fingerprint density at radius 2 is 1.72 bits per heavy atom. The van der Waals surface area contributed by atoms with Crippen LogP contribution in [-0.4, -0.2) is 34.2 Å². The average Bonchev–Trinajstić information content (AvgIpc) is 2.78. The van der Waals surface area contributed by atoms with Gasteiger partial charge in [-0.3, -0.25) is 9.59 Å². The molecule has 0 saturated heterocycles. The predicted molar refractivity (Wildman–Crippen MR) is 64.9 cm³/mol. The van der Waals surface area contributed by atoms with Crippen molar-refractivity contribution >= 4 is 11.9 Å². The normalized spacial score (nSPS) is 36.3. The van der Waals surface area contributed by atoms with Gasteiger partial charge < -0.3 is 15.5 Å². The molecular formula is C13H21NO4. The Morgan fingerprint density at radius 1 is 1.00 bits per heavy atom. The highest BCUT2D eigenvalue weighted by molar-refractivity contribution is 5.81. The first-order chi connectivity index (χ1) is 8.56. The molecule has 5 heteroatoms. The van der Waals surface area contributed by atoms with E-state index in [0.717, 1.165) is 19.3 Å². The van der Waals surface area contributed by atoms with E-state index in [1.54, 1.807) is 0 Å². The van der Waals surface area contributed by atoms with Crippen molar-refractivity contribution in [2.24, 2.45) is 11.8 Å². The Balaban J connectivity index is 1.80. The van der Waals surface area contributed by atoms with Crippen molar-refractivity contribution in [1.82, 2.24) is 5.32 Å². The van der Waals surface area contributed by atoms with E-state index in [9.17, 15) is 14.7 Å². The van der Waals surface area contributed by atoms with E-state index in [1.807, 2.05) is 0 Å². The molecule has 0 bridgehead atoms. The maximum absolute atomic E-state index is 12.0. The van der Waals surface area contributed by atoms with Crippen molar-refractivity contribution in [2.45, 2.75) is 57.1 Å². The number of carboxylic acid groups (broad SMARTS) is 1. The number of carboxylic acids is 1. The van der Waals surface area contributed by atoms with Gasteiger partial charge in [0.1, 0.15) is 0 Å². The van der Waals surface area contributed by atoms with Crippen molar-refractivity contribution < 1.29 is 19.8 Å². The molecule has 2 fully saturated rings. The van der Waals surface area contributed by atoms with Crippen molar-refractivity contribution in [1.29, 1.82) is 0 Å². The summed E-state index contributed by atoms with van der Waals surface area (Å²) in [5, 5.41) is 21.4. The minimum absolute atomic E-state index is 0.0298. The lowest BCUT2D eigenvalue weighted by Crippen LogP contribution is -2.42. The van der Waals surface area contributed by atoms with Gasteiger partial charge in [-0.2, -0.15) is 0 Å². The predicted octanol–water partition coefficient (Wildman–Crippen LogP) is 0.907. The Bertz CT molecular complexity index is 331. The molecule has 2 aliphatic rings. The SMILES string of the molecule is O=C(O)[C@H]1CC[C@@H](C(=O)NC2CCCC(O)C2)C1. The van der Waals surface area contributed by atoms with Crippen molar-refractivity contribution in [2.75, 3.05) is 0 Å². The van der Waals surface area contributed by atoms with Gasteiger partial charge in [0.25, 0.3) is 0 Å². The number of amides is 1. The molecule has 4 atom stereocenters. The van der Waals surface area contributed by atoms with E-state index < -0.39 is 5.97 Å². The Labute approximate surface area is 107 Å². The van der Waals surface area contributed by atoms with E-state index in [0.29, 0.717) is 25.7 Å². The average molecular weight is 255 g/mol. The third kappa shape index (κ3) is 3.22. The fourth-order valence-corrected chi connectivity index (χ4v) is 3.06. The second-order valence-electron chi connectivity index (χ2n) is 5.57. The van der Waals surface area contributed by atoms with E-state index >= 15 is 0 Å².